The van der Waals surface area contributed by atoms with Crippen LogP contribution >= 0.6 is 11.3 Å². The Morgan fingerprint density at radius 2 is 2.25 bits per heavy atom. The van der Waals surface area contributed by atoms with E-state index in [0.29, 0.717) is 0 Å². The van der Waals surface area contributed by atoms with E-state index in [1.807, 2.05) is 11.3 Å². The fourth-order valence-electron chi connectivity index (χ4n) is 2.24. The van der Waals surface area contributed by atoms with Crippen LogP contribution < -0.4 is 10.2 Å². The summed E-state index contributed by atoms with van der Waals surface area (Å²) in [6, 6.07) is 0. The summed E-state index contributed by atoms with van der Waals surface area (Å²) in [6.45, 7) is 6.09. The van der Waals surface area contributed by atoms with Gasteiger partial charge < -0.3 is 15.0 Å². The van der Waals surface area contributed by atoms with Crippen LogP contribution in [0, 0.1) is 0 Å². The molecule has 1 aliphatic carbocycles. The van der Waals surface area contributed by atoms with Crippen molar-refractivity contribution in [3.63, 3.8) is 0 Å². The average Bonchev–Trinajstić information content (AvgIpc) is 3.20. The first kappa shape index (κ1) is 15.7. The van der Waals surface area contributed by atoms with Crippen LogP contribution in [0.5, 0.6) is 0 Å². The van der Waals surface area contributed by atoms with Gasteiger partial charge in [0.25, 0.3) is 0 Å². The van der Waals surface area contributed by atoms with Crippen molar-refractivity contribution >= 4 is 16.5 Å². The molecule has 0 bridgehead atoms. The molecule has 20 heavy (non-hydrogen) atoms. The van der Waals surface area contributed by atoms with Gasteiger partial charge in [-0.3, -0.25) is 0 Å². The first-order valence-electron chi connectivity index (χ1n) is 7.66. The standard InChI is InChI=1S/C15H27N3OS/c1-4-8-16-11-13-14(12-6-7-12)17-15(20-13)18(2)9-5-10-19-3/h12,16H,4-11H2,1-3H3. The first-order chi connectivity index (χ1) is 9.76. The second-order valence-electron chi connectivity index (χ2n) is 5.52. The van der Waals surface area contributed by atoms with Gasteiger partial charge in [-0.25, -0.2) is 4.98 Å². The summed E-state index contributed by atoms with van der Waals surface area (Å²) in [5.41, 5.74) is 1.35. The van der Waals surface area contributed by atoms with Crippen molar-refractivity contribution in [3.8, 4) is 0 Å². The molecular weight excluding hydrogens is 270 g/mol. The molecule has 0 aromatic carbocycles. The van der Waals surface area contributed by atoms with Crippen LogP contribution in [0.4, 0.5) is 5.13 Å². The van der Waals surface area contributed by atoms with Crippen LogP contribution in [0.2, 0.25) is 0 Å². The average molecular weight is 297 g/mol. The minimum absolute atomic E-state index is 0.728. The van der Waals surface area contributed by atoms with Crippen molar-refractivity contribution in [2.24, 2.45) is 0 Å². The Labute approximate surface area is 126 Å². The molecule has 1 aromatic rings. The van der Waals surface area contributed by atoms with E-state index >= 15 is 0 Å². The van der Waals surface area contributed by atoms with Gasteiger partial charge in [-0.05, 0) is 32.2 Å². The van der Waals surface area contributed by atoms with Crippen LogP contribution in [-0.2, 0) is 11.3 Å². The summed E-state index contributed by atoms with van der Waals surface area (Å²) in [7, 11) is 3.89. The van der Waals surface area contributed by atoms with E-state index in [-0.39, 0.29) is 0 Å². The number of anilines is 1. The van der Waals surface area contributed by atoms with Crippen molar-refractivity contribution in [2.45, 2.75) is 45.1 Å². The van der Waals surface area contributed by atoms with Gasteiger partial charge in [0.1, 0.15) is 0 Å². The number of methoxy groups -OCH3 is 1. The molecule has 1 fully saturated rings. The number of nitrogens with zero attached hydrogens (tertiary/aromatic N) is 2. The maximum atomic E-state index is 5.12. The summed E-state index contributed by atoms with van der Waals surface area (Å²) < 4.78 is 5.12. The number of hydrogen-bond acceptors (Lipinski definition) is 5. The van der Waals surface area contributed by atoms with Gasteiger partial charge in [0.05, 0.1) is 5.69 Å². The van der Waals surface area contributed by atoms with Gasteiger partial charge in [-0.15, -0.1) is 11.3 Å². The van der Waals surface area contributed by atoms with Crippen LogP contribution in [0.25, 0.3) is 0 Å². The predicted molar refractivity (Wildman–Crippen MR) is 85.8 cm³/mol. The Balaban J connectivity index is 1.96. The zero-order valence-corrected chi connectivity index (χ0v) is 13.8. The Bertz CT molecular complexity index is 404. The van der Waals surface area contributed by atoms with E-state index in [1.165, 1.54) is 29.8 Å². The Morgan fingerprint density at radius 1 is 1.45 bits per heavy atom. The van der Waals surface area contributed by atoms with Crippen LogP contribution in [-0.4, -0.2) is 38.8 Å². The molecule has 4 nitrogen and oxygen atoms in total. The third-order valence-electron chi connectivity index (χ3n) is 3.56. The first-order valence-corrected chi connectivity index (χ1v) is 8.48. The van der Waals surface area contributed by atoms with Crippen LogP contribution in [0.1, 0.15) is 49.1 Å². The highest BCUT2D eigenvalue weighted by molar-refractivity contribution is 7.15. The summed E-state index contributed by atoms with van der Waals surface area (Å²) in [5, 5.41) is 4.67. The molecule has 0 atom stereocenters. The summed E-state index contributed by atoms with van der Waals surface area (Å²) >= 11 is 1.86. The molecule has 0 saturated heterocycles. The van der Waals surface area contributed by atoms with Gasteiger partial charge in [0.2, 0.25) is 0 Å². The lowest BCUT2D eigenvalue weighted by atomic mass is 10.2. The number of thiazole rings is 1. The number of nitrogens with one attached hydrogen (secondary N) is 1. The molecule has 1 N–H and O–H groups in total. The van der Waals surface area contributed by atoms with Gasteiger partial charge in [-0.1, -0.05) is 6.92 Å². The smallest absolute Gasteiger partial charge is 0.185 e. The fourth-order valence-corrected chi connectivity index (χ4v) is 3.34. The third kappa shape index (κ3) is 4.43. The summed E-state index contributed by atoms with van der Waals surface area (Å²) in [4.78, 5) is 8.60. The van der Waals surface area contributed by atoms with Crippen molar-refractivity contribution in [1.29, 1.82) is 0 Å². The third-order valence-corrected chi connectivity index (χ3v) is 4.75. The lowest BCUT2D eigenvalue weighted by Crippen LogP contribution is -2.19. The SMILES string of the molecule is CCCNCc1sc(N(C)CCCOC)nc1C1CC1. The lowest BCUT2D eigenvalue weighted by molar-refractivity contribution is 0.196. The monoisotopic (exact) mass is 297 g/mol. The number of ether oxygens (including phenoxy) is 1. The molecule has 1 aromatic heterocycles. The molecule has 5 heteroatoms. The molecule has 0 spiro atoms. The van der Waals surface area contributed by atoms with Gasteiger partial charge in [-0.2, -0.15) is 0 Å². The van der Waals surface area contributed by atoms with E-state index < -0.39 is 0 Å². The highest BCUT2D eigenvalue weighted by Crippen LogP contribution is 2.44. The quantitative estimate of drug-likeness (QED) is 0.674. The second-order valence-corrected chi connectivity index (χ2v) is 6.59. The van der Waals surface area contributed by atoms with Crippen molar-refractivity contribution in [2.75, 3.05) is 38.8 Å². The topological polar surface area (TPSA) is 37.4 Å². The number of aromatic nitrogens is 1. The van der Waals surface area contributed by atoms with Crippen LogP contribution in [0.15, 0.2) is 0 Å². The number of rotatable bonds is 10. The molecule has 2 rings (SSSR count). The predicted octanol–water partition coefficient (Wildman–Crippen LogP) is 2.99. The minimum atomic E-state index is 0.728. The van der Waals surface area contributed by atoms with Gasteiger partial charge >= 0.3 is 0 Å². The second kappa shape index (κ2) is 7.96. The summed E-state index contributed by atoms with van der Waals surface area (Å²) in [5.74, 6) is 0.728. The Hall–Kier alpha value is -0.650. The lowest BCUT2D eigenvalue weighted by Gasteiger charge is -2.14. The van der Waals surface area contributed by atoms with Crippen molar-refractivity contribution in [3.05, 3.63) is 10.6 Å². The van der Waals surface area contributed by atoms with E-state index in [4.69, 9.17) is 9.72 Å². The zero-order chi connectivity index (χ0) is 14.4. The highest BCUT2D eigenvalue weighted by atomic mass is 32.1. The van der Waals surface area contributed by atoms with Gasteiger partial charge in [0, 0.05) is 44.6 Å². The molecule has 114 valence electrons. The minimum Gasteiger partial charge on any atom is -0.385 e. The zero-order valence-electron chi connectivity index (χ0n) is 12.9. The van der Waals surface area contributed by atoms with E-state index in [1.54, 1.807) is 7.11 Å². The molecule has 1 aliphatic rings. The van der Waals surface area contributed by atoms with E-state index in [2.05, 4.69) is 24.2 Å². The van der Waals surface area contributed by atoms with Crippen molar-refractivity contribution < 1.29 is 4.74 Å². The summed E-state index contributed by atoms with van der Waals surface area (Å²) in [6.07, 6.45) is 4.87. The Morgan fingerprint density at radius 3 is 2.90 bits per heavy atom. The molecule has 0 amide bonds. The molecule has 1 heterocycles. The van der Waals surface area contributed by atoms with E-state index in [9.17, 15) is 0 Å². The maximum absolute atomic E-state index is 5.12. The fraction of sp³-hybridized carbons (Fsp3) is 0.800. The Kier molecular flexibility index (Phi) is 6.26. The molecular formula is C15H27N3OS. The molecule has 1 saturated carbocycles. The molecule has 0 aliphatic heterocycles. The number of hydrogen-bond donors (Lipinski definition) is 1. The molecule has 0 radical (unpaired) electrons. The maximum Gasteiger partial charge on any atom is 0.185 e. The highest BCUT2D eigenvalue weighted by Gasteiger charge is 2.29. The normalized spacial score (nSPS) is 14.8. The molecule has 0 unspecified atom stereocenters. The largest absolute Gasteiger partial charge is 0.385 e. The van der Waals surface area contributed by atoms with Crippen LogP contribution in [0.3, 0.4) is 0 Å². The van der Waals surface area contributed by atoms with Crippen molar-refractivity contribution in [1.82, 2.24) is 10.3 Å². The van der Waals surface area contributed by atoms with Gasteiger partial charge in [0.15, 0.2) is 5.13 Å². The van der Waals surface area contributed by atoms with E-state index in [0.717, 1.165) is 43.7 Å².